The summed E-state index contributed by atoms with van der Waals surface area (Å²) in [5.41, 5.74) is 0. The van der Waals surface area contributed by atoms with Crippen LogP contribution in [0.5, 0.6) is 0 Å². The standard InChI is InChI=1S/C12H26S10/c1-11(17-6-13-2)18-10-22-21-9-16-5-12(19-7-14-3)20-8-15-4/h11-12H,5-10H2,1-4H3. The molecule has 0 nitrogen and oxygen atoms in total. The van der Waals surface area contributed by atoms with E-state index in [4.69, 9.17) is 0 Å². The second-order valence-corrected chi connectivity index (χ2v) is 17.3. The predicted molar refractivity (Wildman–Crippen MR) is 136 cm³/mol. The van der Waals surface area contributed by atoms with Crippen LogP contribution >= 0.6 is 116 Å². The van der Waals surface area contributed by atoms with Crippen LogP contribution in [-0.4, -0.2) is 59.1 Å². The molecule has 0 N–H and O–H groups in total. The number of hydrogen-bond acceptors (Lipinski definition) is 10. The summed E-state index contributed by atoms with van der Waals surface area (Å²) in [6.45, 7) is 2.32. The third-order valence-corrected chi connectivity index (χ3v) is 15.5. The fraction of sp³-hybridized carbons (Fsp3) is 1.00. The van der Waals surface area contributed by atoms with Gasteiger partial charge in [-0.2, -0.15) is 35.3 Å². The fourth-order valence-electron chi connectivity index (χ4n) is 1.01. The van der Waals surface area contributed by atoms with Crippen LogP contribution in [0.25, 0.3) is 0 Å². The van der Waals surface area contributed by atoms with Gasteiger partial charge in [0.15, 0.2) is 0 Å². The van der Waals surface area contributed by atoms with Crippen LogP contribution in [0, 0.1) is 0 Å². The van der Waals surface area contributed by atoms with Gasteiger partial charge in [-0.1, -0.05) is 21.6 Å². The van der Waals surface area contributed by atoms with Gasteiger partial charge in [-0.25, -0.2) is 0 Å². The minimum Gasteiger partial charge on any atom is -0.154 e. The van der Waals surface area contributed by atoms with Crippen molar-refractivity contribution in [3.63, 3.8) is 0 Å². The third kappa shape index (κ3) is 18.3. The van der Waals surface area contributed by atoms with E-state index in [-0.39, 0.29) is 0 Å². The van der Waals surface area contributed by atoms with E-state index in [0.29, 0.717) is 0 Å². The molecule has 0 fully saturated rings. The molecular formula is C12H26S10. The van der Waals surface area contributed by atoms with Crippen molar-refractivity contribution >= 4 is 116 Å². The molecule has 10 heteroatoms. The lowest BCUT2D eigenvalue weighted by molar-refractivity contribution is 1.43. The first kappa shape index (κ1) is 25.5. The average Bonchev–Trinajstić information content (AvgIpc) is 2.53. The van der Waals surface area contributed by atoms with Crippen LogP contribution < -0.4 is 0 Å². The zero-order valence-electron chi connectivity index (χ0n) is 13.5. The first-order valence-corrected chi connectivity index (χ1v) is 18.5. The van der Waals surface area contributed by atoms with Gasteiger partial charge in [-0.15, -0.1) is 58.8 Å². The van der Waals surface area contributed by atoms with Gasteiger partial charge in [0.25, 0.3) is 0 Å². The number of rotatable bonds is 17. The summed E-state index contributed by atoms with van der Waals surface area (Å²) in [6.07, 6.45) is 6.56. The van der Waals surface area contributed by atoms with E-state index in [9.17, 15) is 0 Å². The summed E-state index contributed by atoms with van der Waals surface area (Å²) in [6, 6.07) is 0. The maximum atomic E-state index is 2.32. The van der Waals surface area contributed by atoms with Crippen molar-refractivity contribution in [1.29, 1.82) is 0 Å². The lowest BCUT2D eigenvalue weighted by Gasteiger charge is -2.14. The predicted octanol–water partition coefficient (Wildman–Crippen LogP) is 7.58. The Kier molecular flexibility index (Phi) is 24.1. The lowest BCUT2D eigenvalue weighted by Crippen LogP contribution is -2.02. The van der Waals surface area contributed by atoms with Gasteiger partial charge in [0.05, 0.1) is 9.67 Å². The summed E-state index contributed by atoms with van der Waals surface area (Å²) in [7, 11) is 4.04. The highest BCUT2D eigenvalue weighted by atomic mass is 33.1. The van der Waals surface area contributed by atoms with Crippen LogP contribution in [0.1, 0.15) is 6.92 Å². The molecule has 0 aromatic rings. The SMILES string of the molecule is CSCSC(C)SCSSCSCC(SCSC)SCSC. The minimum atomic E-state index is 0.725. The molecule has 1 atom stereocenters. The Bertz CT molecular complexity index is 210. The normalized spacial score (nSPS) is 13.0. The summed E-state index contributed by atoms with van der Waals surface area (Å²) in [5.74, 6) is 1.27. The fourth-order valence-corrected chi connectivity index (χ4v) is 13.5. The summed E-state index contributed by atoms with van der Waals surface area (Å²) in [4.78, 5) is 0. The highest BCUT2D eigenvalue weighted by Crippen LogP contribution is 2.36. The Morgan fingerprint density at radius 1 is 0.636 bits per heavy atom. The maximum Gasteiger partial charge on any atom is 0.0609 e. The molecule has 134 valence electrons. The van der Waals surface area contributed by atoms with Crippen LogP contribution in [0.2, 0.25) is 0 Å². The Morgan fingerprint density at radius 2 is 1.14 bits per heavy atom. The van der Waals surface area contributed by atoms with Crippen molar-refractivity contribution in [2.45, 2.75) is 16.1 Å². The summed E-state index contributed by atoms with van der Waals surface area (Å²) < 4.78 is 1.48. The third-order valence-electron chi connectivity index (χ3n) is 1.98. The lowest BCUT2D eigenvalue weighted by atomic mass is 10.9. The van der Waals surface area contributed by atoms with Gasteiger partial charge in [-0.3, -0.25) is 0 Å². The maximum absolute atomic E-state index is 2.32. The molecule has 0 amide bonds. The van der Waals surface area contributed by atoms with Gasteiger partial charge in [0.2, 0.25) is 0 Å². The Labute approximate surface area is 179 Å². The van der Waals surface area contributed by atoms with Crippen LogP contribution in [0.4, 0.5) is 0 Å². The molecule has 0 aliphatic carbocycles. The zero-order valence-corrected chi connectivity index (χ0v) is 21.6. The quantitative estimate of drug-likeness (QED) is 0.113. The van der Waals surface area contributed by atoms with Crippen molar-refractivity contribution in [2.75, 3.05) is 49.9 Å². The molecule has 0 radical (unpaired) electrons. The molecule has 0 aliphatic rings. The molecule has 0 aliphatic heterocycles. The summed E-state index contributed by atoms with van der Waals surface area (Å²) in [5, 5.41) is 6.07. The van der Waals surface area contributed by atoms with E-state index < -0.39 is 0 Å². The number of thioether (sulfide) groups is 8. The first-order valence-electron chi connectivity index (χ1n) is 6.50. The minimum absolute atomic E-state index is 0.725. The van der Waals surface area contributed by atoms with Crippen molar-refractivity contribution in [2.24, 2.45) is 0 Å². The van der Waals surface area contributed by atoms with Crippen LogP contribution in [0.3, 0.4) is 0 Å². The molecule has 0 aromatic carbocycles. The Hall–Kier alpha value is 3.50. The second kappa shape index (κ2) is 20.8. The highest BCUT2D eigenvalue weighted by Gasteiger charge is 2.09. The van der Waals surface area contributed by atoms with Gasteiger partial charge in [0, 0.05) is 30.7 Å². The molecule has 1 unspecified atom stereocenters. The van der Waals surface area contributed by atoms with E-state index in [0.717, 1.165) is 9.16 Å². The topological polar surface area (TPSA) is 0 Å². The van der Waals surface area contributed by atoms with E-state index in [1.165, 1.54) is 31.2 Å². The van der Waals surface area contributed by atoms with Crippen LogP contribution in [0.15, 0.2) is 0 Å². The van der Waals surface area contributed by atoms with Crippen molar-refractivity contribution in [3.8, 4) is 0 Å². The van der Waals surface area contributed by atoms with Crippen molar-refractivity contribution in [1.82, 2.24) is 0 Å². The van der Waals surface area contributed by atoms with Gasteiger partial charge in [-0.05, 0) is 25.7 Å². The summed E-state index contributed by atoms with van der Waals surface area (Å²) >= 11 is 16.2. The molecule has 0 saturated carbocycles. The molecule has 0 heterocycles. The van der Waals surface area contributed by atoms with Crippen LogP contribution in [-0.2, 0) is 0 Å². The Balaban J connectivity index is 3.47. The molecule has 0 spiro atoms. The van der Waals surface area contributed by atoms with E-state index in [1.54, 1.807) is 0 Å². The zero-order chi connectivity index (χ0) is 16.5. The van der Waals surface area contributed by atoms with Gasteiger partial charge in [0.1, 0.15) is 0 Å². The van der Waals surface area contributed by atoms with Crippen molar-refractivity contribution < 1.29 is 0 Å². The average molecular weight is 491 g/mol. The molecule has 0 aromatic heterocycles. The van der Waals surface area contributed by atoms with E-state index >= 15 is 0 Å². The van der Waals surface area contributed by atoms with Crippen molar-refractivity contribution in [3.05, 3.63) is 0 Å². The first-order chi connectivity index (χ1) is 10.7. The number of hydrogen-bond donors (Lipinski definition) is 0. The van der Waals surface area contributed by atoms with Gasteiger partial charge >= 0.3 is 0 Å². The molecule has 0 saturated heterocycles. The largest absolute Gasteiger partial charge is 0.154 e. The highest BCUT2D eigenvalue weighted by molar-refractivity contribution is 8.79. The molecule has 0 rings (SSSR count). The monoisotopic (exact) mass is 490 g/mol. The molecular weight excluding hydrogens is 465 g/mol. The second-order valence-electron chi connectivity index (χ2n) is 3.73. The molecule has 22 heavy (non-hydrogen) atoms. The molecule has 0 bridgehead atoms. The van der Waals surface area contributed by atoms with E-state index in [1.807, 2.05) is 56.9 Å². The van der Waals surface area contributed by atoms with E-state index in [2.05, 4.69) is 84.5 Å². The Morgan fingerprint density at radius 3 is 1.73 bits per heavy atom. The smallest absolute Gasteiger partial charge is 0.0609 e. The van der Waals surface area contributed by atoms with Gasteiger partial charge < -0.3 is 0 Å².